The van der Waals surface area contributed by atoms with E-state index in [1.807, 2.05) is 0 Å². The maximum absolute atomic E-state index is 12.7. The molecule has 0 bridgehead atoms. The van der Waals surface area contributed by atoms with Gasteiger partial charge in [0.15, 0.2) is 10.8 Å². The largest absolute Gasteiger partial charge is 0.481 e. The molecule has 1 aliphatic carbocycles. The van der Waals surface area contributed by atoms with Gasteiger partial charge in [-0.1, -0.05) is 19.3 Å². The summed E-state index contributed by atoms with van der Waals surface area (Å²) < 4.78 is 0. The molecule has 2 atom stereocenters. The number of thiazole rings is 1. The van der Waals surface area contributed by atoms with Crippen LogP contribution < -0.4 is 5.32 Å². The highest BCUT2D eigenvalue weighted by Gasteiger charge is 2.31. The Kier molecular flexibility index (Phi) is 5.37. The molecule has 0 radical (unpaired) electrons. The molecule has 1 amide bonds. The van der Waals surface area contributed by atoms with E-state index in [-0.39, 0.29) is 11.9 Å². The van der Waals surface area contributed by atoms with Crippen LogP contribution in [0.2, 0.25) is 0 Å². The Morgan fingerprint density at radius 3 is 2.64 bits per heavy atom. The lowest BCUT2D eigenvalue weighted by Gasteiger charge is -2.22. The summed E-state index contributed by atoms with van der Waals surface area (Å²) in [6.07, 6.45) is 7.37. The standard InChI is InChI=1S/C17H20N4O3S/c1-10-13(25-16(20-10)14-18-8-5-9-19-14)15(22)21-12-7-4-2-3-6-11(12)17(23)24/h5,8-9,11-12H,2-4,6-7H2,1H3,(H,21,22)(H,23,24). The molecule has 132 valence electrons. The van der Waals surface area contributed by atoms with E-state index in [4.69, 9.17) is 0 Å². The van der Waals surface area contributed by atoms with E-state index in [9.17, 15) is 14.7 Å². The third-order valence-electron chi connectivity index (χ3n) is 4.41. The highest BCUT2D eigenvalue weighted by molar-refractivity contribution is 7.17. The van der Waals surface area contributed by atoms with Gasteiger partial charge in [-0.25, -0.2) is 15.0 Å². The SMILES string of the molecule is Cc1nc(-c2ncccn2)sc1C(=O)NC1CCCCCC1C(=O)O. The second-order valence-corrected chi connectivity index (χ2v) is 7.17. The highest BCUT2D eigenvalue weighted by atomic mass is 32.1. The maximum atomic E-state index is 12.7. The van der Waals surface area contributed by atoms with Gasteiger partial charge in [0.25, 0.3) is 5.91 Å². The molecule has 3 rings (SSSR count). The van der Waals surface area contributed by atoms with Crippen molar-refractivity contribution < 1.29 is 14.7 Å². The van der Waals surface area contributed by atoms with Crippen LogP contribution in [0.3, 0.4) is 0 Å². The molecule has 1 aliphatic rings. The monoisotopic (exact) mass is 360 g/mol. The van der Waals surface area contributed by atoms with Gasteiger partial charge in [0.05, 0.1) is 11.6 Å². The number of aryl methyl sites for hydroxylation is 1. The predicted molar refractivity (Wildman–Crippen MR) is 93.3 cm³/mol. The number of rotatable bonds is 4. The van der Waals surface area contributed by atoms with Crippen LogP contribution in [0.15, 0.2) is 18.5 Å². The molecule has 2 heterocycles. The van der Waals surface area contributed by atoms with Gasteiger partial charge in [0.1, 0.15) is 4.88 Å². The van der Waals surface area contributed by atoms with E-state index >= 15 is 0 Å². The Morgan fingerprint density at radius 2 is 1.92 bits per heavy atom. The number of carbonyl (C=O) groups is 2. The summed E-state index contributed by atoms with van der Waals surface area (Å²) in [4.78, 5) is 37.4. The van der Waals surface area contributed by atoms with Gasteiger partial charge in [-0.15, -0.1) is 11.3 Å². The molecule has 1 saturated carbocycles. The number of carbonyl (C=O) groups excluding carboxylic acids is 1. The van der Waals surface area contributed by atoms with Crippen molar-refractivity contribution in [1.82, 2.24) is 20.3 Å². The summed E-state index contributed by atoms with van der Waals surface area (Å²) in [5, 5.41) is 13.0. The molecule has 0 spiro atoms. The smallest absolute Gasteiger partial charge is 0.308 e. The zero-order chi connectivity index (χ0) is 17.8. The Labute approximate surface area is 149 Å². The topological polar surface area (TPSA) is 105 Å². The van der Waals surface area contributed by atoms with E-state index in [1.54, 1.807) is 25.4 Å². The third-order valence-corrected chi connectivity index (χ3v) is 5.56. The molecule has 2 unspecified atom stereocenters. The lowest BCUT2D eigenvalue weighted by molar-refractivity contribution is -0.142. The Morgan fingerprint density at radius 1 is 1.20 bits per heavy atom. The first-order valence-electron chi connectivity index (χ1n) is 8.34. The number of carboxylic acids is 1. The summed E-state index contributed by atoms with van der Waals surface area (Å²) in [5.41, 5.74) is 0.602. The first-order valence-corrected chi connectivity index (χ1v) is 9.16. The van der Waals surface area contributed by atoms with Crippen LogP contribution in [-0.2, 0) is 4.79 Å². The summed E-state index contributed by atoms with van der Waals surface area (Å²) in [6.45, 7) is 1.76. The van der Waals surface area contributed by atoms with E-state index in [1.165, 1.54) is 11.3 Å². The van der Waals surface area contributed by atoms with Crippen molar-refractivity contribution in [3.8, 4) is 10.8 Å². The quantitative estimate of drug-likeness (QED) is 0.812. The van der Waals surface area contributed by atoms with Gasteiger partial charge in [-0.2, -0.15) is 0 Å². The molecular weight excluding hydrogens is 340 g/mol. The van der Waals surface area contributed by atoms with Crippen molar-refractivity contribution in [1.29, 1.82) is 0 Å². The fourth-order valence-corrected chi connectivity index (χ4v) is 4.04. The van der Waals surface area contributed by atoms with Gasteiger partial charge < -0.3 is 10.4 Å². The van der Waals surface area contributed by atoms with Crippen molar-refractivity contribution >= 4 is 23.2 Å². The predicted octanol–water partition coefficient (Wildman–Crippen LogP) is 2.67. The van der Waals surface area contributed by atoms with Gasteiger partial charge in [-0.05, 0) is 25.8 Å². The van der Waals surface area contributed by atoms with Crippen molar-refractivity contribution in [3.05, 3.63) is 29.0 Å². The number of aromatic nitrogens is 3. The number of aliphatic carboxylic acids is 1. The van der Waals surface area contributed by atoms with Gasteiger partial charge in [0.2, 0.25) is 0 Å². The number of hydrogen-bond acceptors (Lipinski definition) is 6. The van der Waals surface area contributed by atoms with Gasteiger partial charge in [0, 0.05) is 18.4 Å². The van der Waals surface area contributed by atoms with E-state index in [0.717, 1.165) is 19.3 Å². The molecule has 0 saturated heterocycles. The van der Waals surface area contributed by atoms with Crippen molar-refractivity contribution in [2.75, 3.05) is 0 Å². The lowest BCUT2D eigenvalue weighted by atomic mass is 9.95. The number of carboxylic acid groups (broad SMARTS) is 1. The fourth-order valence-electron chi connectivity index (χ4n) is 3.12. The number of amides is 1. The normalized spacial score (nSPS) is 20.7. The maximum Gasteiger partial charge on any atom is 0.308 e. The molecule has 2 aromatic heterocycles. The van der Waals surface area contributed by atoms with Crippen LogP contribution >= 0.6 is 11.3 Å². The molecular formula is C17H20N4O3S. The second kappa shape index (κ2) is 7.69. The van der Waals surface area contributed by atoms with Crippen LogP contribution in [-0.4, -0.2) is 38.0 Å². The first kappa shape index (κ1) is 17.5. The molecule has 8 heteroatoms. The van der Waals surface area contributed by atoms with Crippen LogP contribution in [0.5, 0.6) is 0 Å². The minimum absolute atomic E-state index is 0.268. The van der Waals surface area contributed by atoms with Crippen LogP contribution in [0.1, 0.15) is 47.5 Å². The average molecular weight is 360 g/mol. The minimum Gasteiger partial charge on any atom is -0.481 e. The highest BCUT2D eigenvalue weighted by Crippen LogP contribution is 2.27. The molecule has 2 aromatic rings. The molecule has 7 nitrogen and oxygen atoms in total. The summed E-state index contributed by atoms with van der Waals surface area (Å²) in [7, 11) is 0. The fraction of sp³-hybridized carbons (Fsp3) is 0.471. The number of nitrogens with one attached hydrogen (secondary N) is 1. The Balaban J connectivity index is 1.78. The Bertz CT molecular complexity index is 763. The number of nitrogens with zero attached hydrogens (tertiary/aromatic N) is 3. The van der Waals surface area contributed by atoms with E-state index < -0.39 is 11.9 Å². The molecule has 25 heavy (non-hydrogen) atoms. The average Bonchev–Trinajstić information content (AvgIpc) is 2.84. The van der Waals surface area contributed by atoms with Crippen molar-refractivity contribution in [2.24, 2.45) is 5.92 Å². The zero-order valence-corrected chi connectivity index (χ0v) is 14.8. The van der Waals surface area contributed by atoms with Crippen LogP contribution in [0, 0.1) is 12.8 Å². The van der Waals surface area contributed by atoms with Crippen molar-refractivity contribution in [3.63, 3.8) is 0 Å². The van der Waals surface area contributed by atoms with Gasteiger partial charge in [-0.3, -0.25) is 9.59 Å². The van der Waals surface area contributed by atoms with Crippen LogP contribution in [0.4, 0.5) is 0 Å². The van der Waals surface area contributed by atoms with Gasteiger partial charge >= 0.3 is 5.97 Å². The molecule has 2 N–H and O–H groups in total. The summed E-state index contributed by atoms with van der Waals surface area (Å²) in [5.74, 6) is -1.16. The van der Waals surface area contributed by atoms with E-state index in [2.05, 4.69) is 20.3 Å². The van der Waals surface area contributed by atoms with E-state index in [0.29, 0.717) is 34.2 Å². The summed E-state index contributed by atoms with van der Waals surface area (Å²) >= 11 is 1.23. The van der Waals surface area contributed by atoms with Crippen molar-refractivity contribution in [2.45, 2.75) is 45.1 Å². The Hall–Kier alpha value is -2.35. The number of hydrogen-bond donors (Lipinski definition) is 2. The molecule has 1 fully saturated rings. The molecule has 0 aromatic carbocycles. The molecule has 0 aliphatic heterocycles. The lowest BCUT2D eigenvalue weighted by Crippen LogP contribution is -2.42. The minimum atomic E-state index is -0.841. The summed E-state index contributed by atoms with van der Waals surface area (Å²) in [6, 6.07) is 1.38. The second-order valence-electron chi connectivity index (χ2n) is 6.17. The third kappa shape index (κ3) is 4.01. The zero-order valence-electron chi connectivity index (χ0n) is 13.9. The van der Waals surface area contributed by atoms with Crippen LogP contribution in [0.25, 0.3) is 10.8 Å². The first-order chi connectivity index (χ1) is 12.1.